The van der Waals surface area contributed by atoms with E-state index in [1.807, 2.05) is 13.8 Å². The lowest BCUT2D eigenvalue weighted by atomic mass is 10.2. The summed E-state index contributed by atoms with van der Waals surface area (Å²) in [7, 11) is 4.54. The van der Waals surface area contributed by atoms with Crippen LogP contribution < -0.4 is 19.5 Å². The lowest BCUT2D eigenvalue weighted by molar-refractivity contribution is 0.101. The summed E-state index contributed by atoms with van der Waals surface area (Å²) in [6.07, 6.45) is 1.56. The lowest BCUT2D eigenvalue weighted by Crippen LogP contribution is -2.19. The topological polar surface area (TPSA) is 114 Å². The molecule has 0 saturated heterocycles. The van der Waals surface area contributed by atoms with Crippen LogP contribution in [0.1, 0.15) is 30.4 Å². The Balaban J connectivity index is 1.86. The summed E-state index contributed by atoms with van der Waals surface area (Å²) in [5, 5.41) is 14.6. The number of carbonyl (C=O) groups is 1. The number of benzene rings is 1. The van der Waals surface area contributed by atoms with E-state index in [0.29, 0.717) is 28.5 Å². The van der Waals surface area contributed by atoms with Crippen molar-refractivity contribution in [2.45, 2.75) is 19.9 Å². The molecule has 0 spiro atoms. The number of nitrogens with one attached hydrogen (secondary N) is 1. The molecule has 0 aliphatic heterocycles. The first-order valence-corrected chi connectivity index (χ1v) is 8.47. The quantitative estimate of drug-likeness (QED) is 0.658. The summed E-state index contributed by atoms with van der Waals surface area (Å²) < 4.78 is 23.1. The molecule has 10 heteroatoms. The maximum Gasteiger partial charge on any atom is 0.322 e. The zero-order chi connectivity index (χ0) is 20.3. The molecule has 3 rings (SSSR count). The van der Waals surface area contributed by atoms with Gasteiger partial charge in [-0.25, -0.2) is 0 Å². The molecule has 0 saturated carbocycles. The molecule has 0 unspecified atom stereocenters. The van der Waals surface area contributed by atoms with Gasteiger partial charge in [-0.1, -0.05) is 5.10 Å². The van der Waals surface area contributed by atoms with Crippen molar-refractivity contribution in [2.24, 2.45) is 0 Å². The van der Waals surface area contributed by atoms with Crippen molar-refractivity contribution in [3.8, 4) is 28.7 Å². The normalized spacial score (nSPS) is 10.8. The average molecular weight is 387 g/mol. The van der Waals surface area contributed by atoms with Crippen molar-refractivity contribution >= 4 is 11.9 Å². The Kier molecular flexibility index (Phi) is 5.48. The third-order valence-corrected chi connectivity index (χ3v) is 3.95. The lowest BCUT2D eigenvalue weighted by Gasteiger charge is -2.12. The largest absolute Gasteiger partial charge is 0.493 e. The molecule has 2 heterocycles. The standard InChI is InChI=1S/C18H21N5O5/c1-10(2)23-12(6-7-19-23)16(24)20-18-22-21-17(28-18)11-8-13(25-3)15(27-5)14(9-11)26-4/h6-10H,1-5H3,(H,20,22,24). The van der Waals surface area contributed by atoms with Crippen molar-refractivity contribution in [3.05, 3.63) is 30.1 Å². The molecule has 28 heavy (non-hydrogen) atoms. The van der Waals surface area contributed by atoms with Crippen molar-refractivity contribution in [2.75, 3.05) is 26.6 Å². The first kappa shape index (κ1) is 19.2. The molecule has 0 fully saturated rings. The van der Waals surface area contributed by atoms with Gasteiger partial charge in [0, 0.05) is 17.8 Å². The first-order valence-electron chi connectivity index (χ1n) is 8.47. The Hall–Kier alpha value is -3.56. The minimum absolute atomic E-state index is 0.0354. The van der Waals surface area contributed by atoms with Crippen LogP contribution in [0.15, 0.2) is 28.8 Å². The fourth-order valence-electron chi connectivity index (χ4n) is 2.66. The van der Waals surface area contributed by atoms with Gasteiger partial charge in [-0.3, -0.25) is 14.8 Å². The fourth-order valence-corrected chi connectivity index (χ4v) is 2.66. The van der Waals surface area contributed by atoms with Gasteiger partial charge in [0.15, 0.2) is 11.5 Å². The van der Waals surface area contributed by atoms with Crippen molar-refractivity contribution in [1.82, 2.24) is 20.0 Å². The van der Waals surface area contributed by atoms with Gasteiger partial charge in [0.1, 0.15) is 5.69 Å². The fraction of sp³-hybridized carbons (Fsp3) is 0.333. The van der Waals surface area contributed by atoms with Crippen LogP contribution >= 0.6 is 0 Å². The smallest absolute Gasteiger partial charge is 0.322 e. The van der Waals surface area contributed by atoms with Gasteiger partial charge in [0.25, 0.3) is 5.91 Å². The predicted octanol–water partition coefficient (Wildman–Crippen LogP) is 2.79. The zero-order valence-corrected chi connectivity index (χ0v) is 16.2. The van der Waals surface area contributed by atoms with Gasteiger partial charge in [-0.15, -0.1) is 5.10 Å². The number of ether oxygens (including phenoxy) is 3. The summed E-state index contributed by atoms with van der Waals surface area (Å²) >= 11 is 0. The molecule has 0 radical (unpaired) electrons. The Morgan fingerprint density at radius 2 is 1.79 bits per heavy atom. The second kappa shape index (κ2) is 7.99. The highest BCUT2D eigenvalue weighted by Gasteiger charge is 2.20. The van der Waals surface area contributed by atoms with Crippen LogP contribution in [-0.4, -0.2) is 47.2 Å². The van der Waals surface area contributed by atoms with E-state index in [1.54, 1.807) is 29.1 Å². The van der Waals surface area contributed by atoms with E-state index in [2.05, 4.69) is 20.6 Å². The summed E-state index contributed by atoms with van der Waals surface area (Å²) in [5.74, 6) is 1.13. The van der Waals surface area contributed by atoms with E-state index < -0.39 is 5.91 Å². The zero-order valence-electron chi connectivity index (χ0n) is 16.2. The highest BCUT2D eigenvalue weighted by atomic mass is 16.5. The minimum atomic E-state index is -0.397. The first-order chi connectivity index (χ1) is 13.5. The third kappa shape index (κ3) is 3.61. The Morgan fingerprint density at radius 3 is 2.36 bits per heavy atom. The molecule has 0 aliphatic carbocycles. The number of amides is 1. The van der Waals surface area contributed by atoms with Crippen molar-refractivity contribution in [3.63, 3.8) is 0 Å². The van der Waals surface area contributed by atoms with Gasteiger partial charge in [-0.05, 0) is 32.0 Å². The molecule has 1 aromatic carbocycles. The number of nitrogens with zero attached hydrogens (tertiary/aromatic N) is 4. The number of carbonyl (C=O) groups excluding carboxylic acids is 1. The van der Waals surface area contributed by atoms with E-state index in [9.17, 15) is 4.79 Å². The van der Waals surface area contributed by atoms with Gasteiger partial charge in [0.2, 0.25) is 11.6 Å². The molecular formula is C18H21N5O5. The van der Waals surface area contributed by atoms with Gasteiger partial charge in [0.05, 0.1) is 21.3 Å². The van der Waals surface area contributed by atoms with Gasteiger partial charge in [-0.2, -0.15) is 5.10 Å². The molecule has 10 nitrogen and oxygen atoms in total. The van der Waals surface area contributed by atoms with Crippen molar-refractivity contribution in [1.29, 1.82) is 0 Å². The summed E-state index contributed by atoms with van der Waals surface area (Å²) in [5.41, 5.74) is 0.942. The van der Waals surface area contributed by atoms with Crippen LogP contribution in [0.4, 0.5) is 6.01 Å². The number of hydrogen-bond acceptors (Lipinski definition) is 8. The highest BCUT2D eigenvalue weighted by molar-refractivity contribution is 6.01. The summed E-state index contributed by atoms with van der Waals surface area (Å²) in [4.78, 5) is 12.5. The maximum absolute atomic E-state index is 12.5. The highest BCUT2D eigenvalue weighted by Crippen LogP contribution is 2.41. The number of aromatic nitrogens is 4. The third-order valence-electron chi connectivity index (χ3n) is 3.95. The van der Waals surface area contributed by atoms with Gasteiger partial charge < -0.3 is 18.6 Å². The second-order valence-corrected chi connectivity index (χ2v) is 6.04. The molecular weight excluding hydrogens is 366 g/mol. The van der Waals surface area contributed by atoms with Crippen molar-refractivity contribution < 1.29 is 23.4 Å². The van der Waals surface area contributed by atoms with E-state index in [0.717, 1.165) is 0 Å². The van der Waals surface area contributed by atoms with Crippen LogP contribution in [0.2, 0.25) is 0 Å². The van der Waals surface area contributed by atoms with E-state index >= 15 is 0 Å². The number of anilines is 1. The van der Waals surface area contributed by atoms with E-state index in [1.165, 1.54) is 21.3 Å². The molecule has 1 amide bonds. The molecule has 3 aromatic rings. The van der Waals surface area contributed by atoms with Gasteiger partial charge >= 0.3 is 6.01 Å². The van der Waals surface area contributed by atoms with Crippen LogP contribution in [-0.2, 0) is 0 Å². The Bertz CT molecular complexity index is 953. The molecule has 1 N–H and O–H groups in total. The Labute approximate surface area is 161 Å². The molecule has 0 atom stereocenters. The monoisotopic (exact) mass is 387 g/mol. The molecule has 0 bridgehead atoms. The second-order valence-electron chi connectivity index (χ2n) is 6.04. The Morgan fingerprint density at radius 1 is 1.11 bits per heavy atom. The predicted molar refractivity (Wildman–Crippen MR) is 100.0 cm³/mol. The minimum Gasteiger partial charge on any atom is -0.493 e. The number of hydrogen-bond donors (Lipinski definition) is 1. The van der Waals surface area contributed by atoms with Crippen LogP contribution in [0.5, 0.6) is 17.2 Å². The van der Waals surface area contributed by atoms with E-state index in [-0.39, 0.29) is 17.9 Å². The summed E-state index contributed by atoms with van der Waals surface area (Å²) in [6, 6.07) is 4.97. The maximum atomic E-state index is 12.5. The van der Waals surface area contributed by atoms with Crippen LogP contribution in [0, 0.1) is 0 Å². The molecule has 148 valence electrons. The average Bonchev–Trinajstić information content (AvgIpc) is 3.36. The van der Waals surface area contributed by atoms with Crippen LogP contribution in [0.3, 0.4) is 0 Å². The summed E-state index contributed by atoms with van der Waals surface area (Å²) in [6.45, 7) is 3.86. The number of rotatable bonds is 7. The van der Waals surface area contributed by atoms with E-state index in [4.69, 9.17) is 18.6 Å². The number of methoxy groups -OCH3 is 3. The SMILES string of the molecule is COc1cc(-c2nnc(NC(=O)c3ccnn3C(C)C)o2)cc(OC)c1OC. The molecule has 2 aromatic heterocycles. The van der Waals surface area contributed by atoms with Crippen LogP contribution in [0.25, 0.3) is 11.5 Å². The molecule has 0 aliphatic rings.